The number of carbonyl (C=O) groups excluding carboxylic acids is 2. The van der Waals surface area contributed by atoms with Crippen LogP contribution in [0.15, 0.2) is 146 Å². The number of ether oxygens (including phenoxy) is 3. The summed E-state index contributed by atoms with van der Waals surface area (Å²) >= 11 is 0. The summed E-state index contributed by atoms with van der Waals surface area (Å²) in [6.45, 7) is 0. The molecular formula is C47H34O5. The molecular weight excluding hydrogens is 645 g/mol. The molecule has 252 valence electrons. The van der Waals surface area contributed by atoms with E-state index in [0.717, 1.165) is 66.8 Å². The molecule has 6 aromatic carbocycles. The van der Waals surface area contributed by atoms with E-state index >= 15 is 0 Å². The van der Waals surface area contributed by atoms with Crippen LogP contribution in [0.25, 0.3) is 11.1 Å². The molecule has 0 amide bonds. The van der Waals surface area contributed by atoms with E-state index in [2.05, 4.69) is 72.5 Å². The second-order valence-corrected chi connectivity index (χ2v) is 13.6. The van der Waals surface area contributed by atoms with Crippen molar-refractivity contribution < 1.29 is 23.8 Å². The van der Waals surface area contributed by atoms with E-state index in [1.54, 1.807) is 0 Å². The van der Waals surface area contributed by atoms with Crippen molar-refractivity contribution in [3.8, 4) is 23.0 Å². The van der Waals surface area contributed by atoms with Crippen LogP contribution in [0, 0.1) is 17.3 Å². The first kappa shape index (κ1) is 31.7. The van der Waals surface area contributed by atoms with E-state index in [4.69, 9.17) is 14.2 Å². The molecule has 0 radical (unpaired) electrons. The molecule has 0 fully saturated rings. The first-order chi connectivity index (χ1) is 25.5. The van der Waals surface area contributed by atoms with Gasteiger partial charge in [0.1, 0.15) is 11.2 Å². The molecule has 9 rings (SSSR count). The van der Waals surface area contributed by atoms with E-state index in [1.165, 1.54) is 14.2 Å². The van der Waals surface area contributed by atoms with E-state index in [-0.39, 0.29) is 12.8 Å². The number of hydrogen-bond donors (Lipinski definition) is 0. The van der Waals surface area contributed by atoms with Crippen molar-refractivity contribution >= 4 is 11.9 Å². The minimum atomic E-state index is -1.61. The highest BCUT2D eigenvalue weighted by molar-refractivity contribution is 6.02. The standard InChI is InChI=1S/C47H34O5/c1-50-43(48)45(44(49)51-2)29-36-35(28-27-31-17-7-3-8-18-31)40(32-19-9-4-10-20-32)42-41(37(36)30-45)46(33-21-11-5-12-22-33)38-25-15-16-26-39(38)47(42,52-46)34-23-13-6-14-24-34/h3-26H,29-30H2,1-2H3. The number of carbonyl (C=O) groups is 2. The molecule has 1 aliphatic carbocycles. The second kappa shape index (κ2) is 11.9. The molecule has 5 nitrogen and oxygen atoms in total. The van der Waals surface area contributed by atoms with Gasteiger partial charge in [-0.3, -0.25) is 9.59 Å². The monoisotopic (exact) mass is 678 g/mol. The zero-order valence-electron chi connectivity index (χ0n) is 28.8. The van der Waals surface area contributed by atoms with Crippen molar-refractivity contribution in [2.75, 3.05) is 14.2 Å². The van der Waals surface area contributed by atoms with Gasteiger partial charge in [-0.25, -0.2) is 0 Å². The zero-order chi connectivity index (χ0) is 35.5. The van der Waals surface area contributed by atoms with Crippen LogP contribution in [0.2, 0.25) is 0 Å². The van der Waals surface area contributed by atoms with Crippen molar-refractivity contribution in [3.05, 3.63) is 201 Å². The fourth-order valence-corrected chi connectivity index (χ4v) is 8.97. The third kappa shape index (κ3) is 4.22. The average molecular weight is 679 g/mol. The number of rotatable bonds is 5. The zero-order valence-corrected chi connectivity index (χ0v) is 28.8. The molecule has 0 saturated carbocycles. The minimum absolute atomic E-state index is 0.0679. The second-order valence-electron chi connectivity index (χ2n) is 13.6. The Morgan fingerprint density at radius 2 is 1.02 bits per heavy atom. The Kier molecular flexibility index (Phi) is 7.29. The Bertz CT molecular complexity index is 2430. The number of fused-ring (bicyclic) bond motifs is 10. The van der Waals surface area contributed by atoms with E-state index in [1.807, 2.05) is 84.9 Å². The van der Waals surface area contributed by atoms with Gasteiger partial charge in [0.25, 0.3) is 0 Å². The molecule has 2 atom stereocenters. The van der Waals surface area contributed by atoms with Crippen molar-refractivity contribution in [2.24, 2.45) is 5.41 Å². The highest BCUT2D eigenvalue weighted by Gasteiger charge is 2.68. The fourth-order valence-electron chi connectivity index (χ4n) is 8.97. The summed E-state index contributed by atoms with van der Waals surface area (Å²) in [7, 11) is 2.65. The smallest absolute Gasteiger partial charge is 0.323 e. The molecule has 2 unspecified atom stereocenters. The predicted molar refractivity (Wildman–Crippen MR) is 198 cm³/mol. The van der Waals surface area contributed by atoms with E-state index in [0.29, 0.717) is 0 Å². The predicted octanol–water partition coefficient (Wildman–Crippen LogP) is 8.11. The Balaban J connectivity index is 1.52. The first-order valence-electron chi connectivity index (χ1n) is 17.4. The first-order valence-corrected chi connectivity index (χ1v) is 17.4. The molecule has 6 aromatic rings. The van der Waals surface area contributed by atoms with Gasteiger partial charge in [0, 0.05) is 40.7 Å². The molecule has 0 N–H and O–H groups in total. The van der Waals surface area contributed by atoms with Gasteiger partial charge in [-0.05, 0) is 51.1 Å². The summed E-state index contributed by atoms with van der Waals surface area (Å²) in [5.41, 5.74) is 7.31. The molecule has 2 aliphatic heterocycles. The van der Waals surface area contributed by atoms with Crippen molar-refractivity contribution in [1.29, 1.82) is 0 Å². The van der Waals surface area contributed by atoms with Crippen molar-refractivity contribution in [1.82, 2.24) is 0 Å². The summed E-state index contributed by atoms with van der Waals surface area (Å²) in [5, 5.41) is 0. The Labute approximate surface area is 302 Å². The molecule has 3 aliphatic rings. The normalized spacial score (nSPS) is 19.8. The van der Waals surface area contributed by atoms with Gasteiger partial charge in [-0.2, -0.15) is 0 Å². The third-order valence-electron chi connectivity index (χ3n) is 11.1. The molecule has 2 heterocycles. The van der Waals surface area contributed by atoms with Crippen LogP contribution in [0.1, 0.15) is 55.6 Å². The van der Waals surface area contributed by atoms with Crippen LogP contribution < -0.4 is 0 Å². The van der Waals surface area contributed by atoms with Crippen LogP contribution >= 0.6 is 0 Å². The maximum atomic E-state index is 14.0. The lowest BCUT2D eigenvalue weighted by Gasteiger charge is -2.35. The SMILES string of the molecule is COC(=O)C1(C(=O)OC)Cc2c(C#Cc3ccccc3)c(-c3ccccc3)c3c(c2C1)C1(c2ccccc2)OC3(c2ccccc2)c2ccccc21. The lowest BCUT2D eigenvalue weighted by Crippen LogP contribution is -2.42. The highest BCUT2D eigenvalue weighted by atomic mass is 16.5. The van der Waals surface area contributed by atoms with Crippen LogP contribution in [-0.2, 0) is 47.8 Å². The lowest BCUT2D eigenvalue weighted by atomic mass is 9.64. The fraction of sp³-hybridized carbons (Fsp3) is 0.149. The van der Waals surface area contributed by atoms with Gasteiger partial charge in [-0.15, -0.1) is 0 Å². The van der Waals surface area contributed by atoms with Crippen LogP contribution in [0.3, 0.4) is 0 Å². The van der Waals surface area contributed by atoms with Gasteiger partial charge in [0.15, 0.2) is 5.41 Å². The molecule has 0 saturated heterocycles. The summed E-state index contributed by atoms with van der Waals surface area (Å²) in [5.74, 6) is 5.77. The Morgan fingerprint density at radius 1 is 0.558 bits per heavy atom. The number of benzene rings is 6. The van der Waals surface area contributed by atoms with Gasteiger partial charge in [0.2, 0.25) is 0 Å². The Hall–Kier alpha value is -6.22. The van der Waals surface area contributed by atoms with Crippen LogP contribution in [-0.4, -0.2) is 26.2 Å². The molecule has 52 heavy (non-hydrogen) atoms. The highest BCUT2D eigenvalue weighted by Crippen LogP contribution is 2.70. The van der Waals surface area contributed by atoms with E-state index in [9.17, 15) is 9.59 Å². The third-order valence-corrected chi connectivity index (χ3v) is 11.1. The van der Waals surface area contributed by atoms with E-state index < -0.39 is 28.6 Å². The summed E-state index contributed by atoms with van der Waals surface area (Å²) in [6, 6.07) is 49.2. The number of methoxy groups -OCH3 is 2. The quantitative estimate of drug-likeness (QED) is 0.105. The van der Waals surface area contributed by atoms with Crippen molar-refractivity contribution in [2.45, 2.75) is 24.0 Å². The number of hydrogen-bond acceptors (Lipinski definition) is 5. The summed E-state index contributed by atoms with van der Waals surface area (Å²) in [4.78, 5) is 27.9. The maximum Gasteiger partial charge on any atom is 0.323 e. The topological polar surface area (TPSA) is 61.8 Å². The summed E-state index contributed by atoms with van der Waals surface area (Å²) in [6.07, 6.45) is 0.141. The number of esters is 2. The van der Waals surface area contributed by atoms with Gasteiger partial charge >= 0.3 is 11.9 Å². The van der Waals surface area contributed by atoms with Crippen LogP contribution in [0.4, 0.5) is 0 Å². The van der Waals surface area contributed by atoms with Crippen LogP contribution in [0.5, 0.6) is 0 Å². The molecule has 2 bridgehead atoms. The Morgan fingerprint density at radius 3 is 1.56 bits per heavy atom. The summed E-state index contributed by atoms with van der Waals surface area (Å²) < 4.78 is 18.6. The van der Waals surface area contributed by atoms with Gasteiger partial charge in [-0.1, -0.05) is 145 Å². The van der Waals surface area contributed by atoms with Gasteiger partial charge < -0.3 is 14.2 Å². The molecule has 5 heteroatoms. The molecule has 0 spiro atoms. The van der Waals surface area contributed by atoms with Crippen molar-refractivity contribution in [3.63, 3.8) is 0 Å². The minimum Gasteiger partial charge on any atom is -0.468 e. The maximum absolute atomic E-state index is 14.0. The lowest BCUT2D eigenvalue weighted by molar-refractivity contribution is -0.168. The van der Waals surface area contributed by atoms with Gasteiger partial charge in [0.05, 0.1) is 14.2 Å². The largest absolute Gasteiger partial charge is 0.468 e. The average Bonchev–Trinajstić information content (AvgIpc) is 3.88. The molecule has 0 aromatic heterocycles.